The van der Waals surface area contributed by atoms with Crippen molar-refractivity contribution in [2.75, 3.05) is 25.5 Å². The van der Waals surface area contributed by atoms with E-state index in [9.17, 15) is 4.79 Å². The topological polar surface area (TPSA) is 50.4 Å². The van der Waals surface area contributed by atoms with Gasteiger partial charge >= 0.3 is 0 Å². The summed E-state index contributed by atoms with van der Waals surface area (Å²) in [5.74, 6) is 0.448. The number of hydrogen-bond donors (Lipinski definition) is 2. The van der Waals surface area contributed by atoms with Gasteiger partial charge in [-0.15, -0.1) is 0 Å². The van der Waals surface area contributed by atoms with E-state index in [1.165, 1.54) is 11.3 Å². The lowest BCUT2D eigenvalue weighted by Crippen LogP contribution is -2.46. The van der Waals surface area contributed by atoms with Gasteiger partial charge in [0.05, 0.1) is 0 Å². The van der Waals surface area contributed by atoms with E-state index in [0.29, 0.717) is 18.9 Å². The fourth-order valence-corrected chi connectivity index (χ4v) is 2.56. The largest absolute Gasteiger partial charge is 0.384 e. The fourth-order valence-electron chi connectivity index (χ4n) is 2.56. The Balaban J connectivity index is 1.84. The molecule has 1 aliphatic rings. The summed E-state index contributed by atoms with van der Waals surface area (Å²) in [6.07, 6.45) is 1.61. The molecular formula is C16H24N2O2. The molecule has 0 aliphatic carbocycles. The Morgan fingerprint density at radius 1 is 1.50 bits per heavy atom. The van der Waals surface area contributed by atoms with Gasteiger partial charge in [-0.1, -0.05) is 25.1 Å². The third-order valence-electron chi connectivity index (χ3n) is 4.32. The van der Waals surface area contributed by atoms with Crippen molar-refractivity contribution in [1.82, 2.24) is 5.32 Å². The van der Waals surface area contributed by atoms with E-state index >= 15 is 0 Å². The highest BCUT2D eigenvalue weighted by molar-refractivity contribution is 5.84. The first kappa shape index (κ1) is 14.9. The van der Waals surface area contributed by atoms with Crippen molar-refractivity contribution < 1.29 is 9.53 Å². The molecule has 0 aromatic heterocycles. The quantitative estimate of drug-likeness (QED) is 0.839. The van der Waals surface area contributed by atoms with Gasteiger partial charge in [-0.3, -0.25) is 4.79 Å². The molecule has 0 fully saturated rings. The van der Waals surface area contributed by atoms with Gasteiger partial charge in [0.25, 0.3) is 5.91 Å². The Kier molecular flexibility index (Phi) is 4.65. The molecule has 2 atom stereocenters. The molecule has 0 bridgehead atoms. The summed E-state index contributed by atoms with van der Waals surface area (Å²) in [4.78, 5) is 12.1. The number of hydrogen-bond acceptors (Lipinski definition) is 3. The van der Waals surface area contributed by atoms with Crippen LogP contribution in [0.15, 0.2) is 24.3 Å². The number of anilines is 1. The molecule has 20 heavy (non-hydrogen) atoms. The average molecular weight is 276 g/mol. The molecule has 4 nitrogen and oxygen atoms in total. The molecule has 4 heteroatoms. The maximum absolute atomic E-state index is 12.1. The van der Waals surface area contributed by atoms with E-state index in [4.69, 9.17) is 4.74 Å². The number of carbonyl (C=O) groups excluding carboxylic acids is 1. The van der Waals surface area contributed by atoms with Crippen molar-refractivity contribution in [3.63, 3.8) is 0 Å². The first-order valence-electron chi connectivity index (χ1n) is 7.27. The number of ether oxygens (including phenoxy) is 1. The Bertz CT molecular complexity index is 469. The summed E-state index contributed by atoms with van der Waals surface area (Å²) in [6.45, 7) is 5.41. The van der Waals surface area contributed by atoms with E-state index in [0.717, 1.165) is 13.0 Å². The van der Waals surface area contributed by atoms with Gasteiger partial charge < -0.3 is 15.4 Å². The molecule has 0 radical (unpaired) electrons. The zero-order valence-corrected chi connectivity index (χ0v) is 12.5. The van der Waals surface area contributed by atoms with Crippen molar-refractivity contribution in [3.8, 4) is 0 Å². The van der Waals surface area contributed by atoms with Crippen molar-refractivity contribution in [2.24, 2.45) is 0 Å². The van der Waals surface area contributed by atoms with Gasteiger partial charge in [0.1, 0.15) is 5.60 Å². The van der Waals surface area contributed by atoms with E-state index in [1.807, 2.05) is 19.9 Å². The molecule has 1 heterocycles. The SMILES string of the molecule is CCC(C)(OC)C(=O)NCCC1CNc2ccccc21. The predicted octanol–water partition coefficient (Wildman–Crippen LogP) is 2.52. The third kappa shape index (κ3) is 2.96. The molecule has 1 aromatic rings. The minimum atomic E-state index is -0.716. The monoisotopic (exact) mass is 276 g/mol. The fraction of sp³-hybridized carbons (Fsp3) is 0.562. The van der Waals surface area contributed by atoms with Crippen LogP contribution in [0.4, 0.5) is 5.69 Å². The van der Waals surface area contributed by atoms with Gasteiger partial charge in [-0.05, 0) is 31.4 Å². The van der Waals surface area contributed by atoms with Gasteiger partial charge in [0, 0.05) is 31.8 Å². The van der Waals surface area contributed by atoms with Crippen LogP contribution in [0.25, 0.3) is 0 Å². The standard InChI is InChI=1S/C16H24N2O2/c1-4-16(2,20-3)15(19)17-10-9-12-11-18-14-8-6-5-7-13(12)14/h5-8,12,18H,4,9-11H2,1-3H3,(H,17,19). The Hall–Kier alpha value is -1.55. The smallest absolute Gasteiger partial charge is 0.251 e. The second kappa shape index (κ2) is 6.27. The number of rotatable bonds is 6. The lowest BCUT2D eigenvalue weighted by molar-refractivity contribution is -0.141. The summed E-state index contributed by atoms with van der Waals surface area (Å²) in [5.41, 5.74) is 1.86. The number of carbonyl (C=O) groups is 1. The highest BCUT2D eigenvalue weighted by Gasteiger charge is 2.30. The second-order valence-electron chi connectivity index (χ2n) is 5.50. The maximum atomic E-state index is 12.1. The van der Waals surface area contributed by atoms with E-state index in [2.05, 4.69) is 28.8 Å². The van der Waals surface area contributed by atoms with Crippen LogP contribution in [-0.2, 0) is 9.53 Å². The van der Waals surface area contributed by atoms with Crippen LogP contribution in [0.5, 0.6) is 0 Å². The highest BCUT2D eigenvalue weighted by atomic mass is 16.5. The van der Waals surface area contributed by atoms with Crippen LogP contribution < -0.4 is 10.6 Å². The molecule has 0 spiro atoms. The molecule has 1 amide bonds. The van der Waals surface area contributed by atoms with Crippen LogP contribution in [-0.4, -0.2) is 31.7 Å². The molecule has 2 N–H and O–H groups in total. The maximum Gasteiger partial charge on any atom is 0.251 e. The zero-order chi connectivity index (χ0) is 14.6. The van der Waals surface area contributed by atoms with E-state index in [1.54, 1.807) is 7.11 Å². The minimum Gasteiger partial charge on any atom is -0.384 e. The lowest BCUT2D eigenvalue weighted by atomic mass is 9.97. The van der Waals surface area contributed by atoms with Gasteiger partial charge in [0.15, 0.2) is 0 Å². The molecule has 2 unspecified atom stereocenters. The van der Waals surface area contributed by atoms with Crippen LogP contribution >= 0.6 is 0 Å². The molecule has 1 aromatic carbocycles. The first-order chi connectivity index (χ1) is 9.60. The molecule has 2 rings (SSSR count). The Labute approximate surface area is 120 Å². The highest BCUT2D eigenvalue weighted by Crippen LogP contribution is 2.32. The Morgan fingerprint density at radius 2 is 2.25 bits per heavy atom. The number of para-hydroxylation sites is 1. The van der Waals surface area contributed by atoms with Crippen LogP contribution in [0, 0.1) is 0 Å². The van der Waals surface area contributed by atoms with Crippen LogP contribution in [0.3, 0.4) is 0 Å². The first-order valence-corrected chi connectivity index (χ1v) is 7.27. The van der Waals surface area contributed by atoms with Gasteiger partial charge in [-0.25, -0.2) is 0 Å². The molecule has 0 saturated carbocycles. The predicted molar refractivity (Wildman–Crippen MR) is 81.0 cm³/mol. The molecule has 0 saturated heterocycles. The zero-order valence-electron chi connectivity index (χ0n) is 12.5. The van der Waals surface area contributed by atoms with Crippen molar-refractivity contribution in [2.45, 2.75) is 38.2 Å². The lowest BCUT2D eigenvalue weighted by Gasteiger charge is -2.25. The molecule has 110 valence electrons. The number of fused-ring (bicyclic) bond motifs is 1. The normalized spacial score (nSPS) is 19.9. The number of methoxy groups -OCH3 is 1. The van der Waals surface area contributed by atoms with Crippen LogP contribution in [0.1, 0.15) is 38.2 Å². The number of amides is 1. The second-order valence-corrected chi connectivity index (χ2v) is 5.50. The minimum absolute atomic E-state index is 0.0262. The average Bonchev–Trinajstić information content (AvgIpc) is 2.90. The van der Waals surface area contributed by atoms with E-state index < -0.39 is 5.60 Å². The number of benzene rings is 1. The van der Waals surface area contributed by atoms with Crippen molar-refractivity contribution in [3.05, 3.63) is 29.8 Å². The summed E-state index contributed by atoms with van der Waals surface area (Å²) >= 11 is 0. The number of nitrogens with one attached hydrogen (secondary N) is 2. The van der Waals surface area contributed by atoms with Gasteiger partial charge in [-0.2, -0.15) is 0 Å². The third-order valence-corrected chi connectivity index (χ3v) is 4.32. The summed E-state index contributed by atoms with van der Waals surface area (Å²) in [7, 11) is 1.58. The van der Waals surface area contributed by atoms with E-state index in [-0.39, 0.29) is 5.91 Å². The summed E-state index contributed by atoms with van der Waals surface area (Å²) < 4.78 is 5.30. The Morgan fingerprint density at radius 3 is 2.95 bits per heavy atom. The van der Waals surface area contributed by atoms with Crippen LogP contribution in [0.2, 0.25) is 0 Å². The molecule has 1 aliphatic heterocycles. The summed E-state index contributed by atoms with van der Waals surface area (Å²) in [5, 5.41) is 6.39. The summed E-state index contributed by atoms with van der Waals surface area (Å²) in [6, 6.07) is 8.37. The van der Waals surface area contributed by atoms with Crippen molar-refractivity contribution in [1.29, 1.82) is 0 Å². The van der Waals surface area contributed by atoms with Gasteiger partial charge in [0.2, 0.25) is 0 Å². The van der Waals surface area contributed by atoms with Crippen molar-refractivity contribution >= 4 is 11.6 Å². The molecular weight excluding hydrogens is 252 g/mol.